The molecule has 4 heteroatoms. The Morgan fingerprint density at radius 1 is 0.385 bits per heavy atom. The minimum absolute atomic E-state index is 0.0417. The van der Waals surface area contributed by atoms with E-state index >= 15 is 0 Å². The summed E-state index contributed by atoms with van der Waals surface area (Å²) in [6.07, 6.45) is 0. The lowest BCUT2D eigenvalue weighted by molar-refractivity contribution is 0.590. The molecule has 0 saturated carbocycles. The molecule has 0 aliphatic carbocycles. The van der Waals surface area contributed by atoms with Gasteiger partial charge in [-0.15, -0.1) is 0 Å². The Morgan fingerprint density at radius 3 is 1.34 bits per heavy atom. The van der Waals surface area contributed by atoms with Gasteiger partial charge in [-0.3, -0.25) is 0 Å². The van der Waals surface area contributed by atoms with E-state index in [1.54, 1.807) is 0 Å². The predicted octanol–water partition coefficient (Wildman–Crippen LogP) is 18.4. The molecule has 0 aliphatic heterocycles. The summed E-state index contributed by atoms with van der Waals surface area (Å²) >= 11 is 0. The fourth-order valence-corrected chi connectivity index (χ4v) is 10.1. The molecule has 0 bridgehead atoms. The van der Waals surface area contributed by atoms with Crippen molar-refractivity contribution in [3.63, 3.8) is 0 Å². The van der Waals surface area contributed by atoms with Gasteiger partial charge in [-0.05, 0) is 140 Å². The van der Waals surface area contributed by atoms with Crippen LogP contribution < -0.4 is 9.80 Å². The van der Waals surface area contributed by atoms with Crippen molar-refractivity contribution in [2.24, 2.45) is 0 Å². The van der Waals surface area contributed by atoms with Crippen LogP contribution in [0, 0.1) is 0 Å². The molecule has 0 unspecified atom stereocenters. The number of hydrogen-bond acceptors (Lipinski definition) is 4. The van der Waals surface area contributed by atoms with Crippen molar-refractivity contribution in [3.8, 4) is 0 Å². The summed E-state index contributed by atoms with van der Waals surface area (Å²) in [6.45, 7) is 18.2. The van der Waals surface area contributed by atoms with Gasteiger partial charge in [-0.1, -0.05) is 140 Å². The first-order valence-corrected chi connectivity index (χ1v) is 22.9. The van der Waals surface area contributed by atoms with Crippen molar-refractivity contribution in [3.05, 3.63) is 193 Å². The van der Waals surface area contributed by atoms with Gasteiger partial charge in [0.25, 0.3) is 0 Å². The number of benzene rings is 9. The lowest BCUT2D eigenvalue weighted by atomic mass is 9.85. The monoisotopic (exact) mass is 846 g/mol. The summed E-state index contributed by atoms with van der Waals surface area (Å²) in [6, 6.07) is 63.8. The van der Waals surface area contributed by atoms with Crippen molar-refractivity contribution < 1.29 is 8.83 Å². The quantitative estimate of drug-likeness (QED) is 0.160. The van der Waals surface area contributed by atoms with Crippen molar-refractivity contribution >= 4 is 99.5 Å². The number of hydrogen-bond donors (Lipinski definition) is 0. The summed E-state index contributed by atoms with van der Waals surface area (Å²) < 4.78 is 13.9. The molecular formula is C61H54N2O2. The molecule has 0 spiro atoms. The van der Waals surface area contributed by atoms with Gasteiger partial charge < -0.3 is 18.6 Å². The largest absolute Gasteiger partial charge is 0.456 e. The van der Waals surface area contributed by atoms with E-state index < -0.39 is 0 Å². The van der Waals surface area contributed by atoms with E-state index in [2.05, 4.69) is 241 Å². The Labute approximate surface area is 381 Å². The van der Waals surface area contributed by atoms with Crippen LogP contribution in [0.5, 0.6) is 0 Å². The second-order valence-electron chi connectivity index (χ2n) is 20.0. The molecule has 0 N–H and O–H groups in total. The van der Waals surface area contributed by atoms with E-state index in [1.165, 1.54) is 28.1 Å². The Bertz CT molecular complexity index is 3480. The Kier molecular flexibility index (Phi) is 9.44. The first-order valence-electron chi connectivity index (χ1n) is 22.9. The zero-order valence-electron chi connectivity index (χ0n) is 38.5. The fraction of sp³-hybridized carbons (Fsp3) is 0.180. The zero-order chi connectivity index (χ0) is 44.8. The molecule has 11 rings (SSSR count). The Hall–Kier alpha value is -7.30. The lowest BCUT2D eigenvalue weighted by Gasteiger charge is -2.32. The summed E-state index contributed by atoms with van der Waals surface area (Å²) in [5.41, 5.74) is 14.0. The van der Waals surface area contributed by atoms with Gasteiger partial charge >= 0.3 is 0 Å². The Balaban J connectivity index is 1.05. The van der Waals surface area contributed by atoms with Crippen LogP contribution in [0.4, 0.5) is 34.1 Å². The smallest absolute Gasteiger partial charge is 0.139 e. The van der Waals surface area contributed by atoms with Crippen LogP contribution in [0.25, 0.3) is 65.4 Å². The molecule has 0 atom stereocenters. The summed E-state index contributed by atoms with van der Waals surface area (Å²) in [4.78, 5) is 4.77. The minimum Gasteiger partial charge on any atom is -0.456 e. The highest BCUT2D eigenvalue weighted by molar-refractivity contribution is 6.20. The van der Waals surface area contributed by atoms with Crippen molar-refractivity contribution in [2.75, 3.05) is 9.80 Å². The Morgan fingerprint density at radius 2 is 0.846 bits per heavy atom. The molecule has 0 fully saturated rings. The van der Waals surface area contributed by atoms with E-state index in [4.69, 9.17) is 8.83 Å². The van der Waals surface area contributed by atoms with E-state index in [9.17, 15) is 0 Å². The number of para-hydroxylation sites is 4. The highest BCUT2D eigenvalue weighted by Gasteiger charge is 2.27. The van der Waals surface area contributed by atoms with E-state index in [0.29, 0.717) is 0 Å². The normalized spacial score (nSPS) is 12.4. The van der Waals surface area contributed by atoms with Crippen LogP contribution in [0.3, 0.4) is 0 Å². The van der Waals surface area contributed by atoms with Gasteiger partial charge in [0.2, 0.25) is 0 Å². The summed E-state index contributed by atoms with van der Waals surface area (Å²) in [7, 11) is 0. The number of fused-ring (bicyclic) bond motifs is 8. The number of furan rings is 2. The fourth-order valence-electron chi connectivity index (χ4n) is 10.1. The average Bonchev–Trinajstić information content (AvgIpc) is 3.83. The molecule has 320 valence electrons. The third-order valence-corrected chi connectivity index (χ3v) is 13.1. The lowest BCUT2D eigenvalue weighted by Crippen LogP contribution is -2.19. The van der Waals surface area contributed by atoms with E-state index in [0.717, 1.165) is 88.2 Å². The molecule has 0 radical (unpaired) electrons. The second-order valence-corrected chi connectivity index (χ2v) is 20.0. The van der Waals surface area contributed by atoms with Gasteiger partial charge in [0.05, 0.1) is 0 Å². The van der Waals surface area contributed by atoms with Crippen molar-refractivity contribution in [1.82, 2.24) is 0 Å². The molecular weight excluding hydrogens is 793 g/mol. The molecule has 2 heterocycles. The van der Waals surface area contributed by atoms with Gasteiger partial charge in [-0.25, -0.2) is 0 Å². The SMILES string of the molecule is CC(C)c1c2oc3cc4cc(N(c5ccccc5)c5ccccc5C(C)(C)C)ccc4cc3c2cc2oc3cc4cc(N(c5ccccc5)c5ccccc5C(C)(C)C)ccc4cc3c12. The molecule has 11 aromatic rings. The maximum absolute atomic E-state index is 7.00. The standard InChI is InChI=1S/C61H54N2O2/c1-38(2)57-58-49-34-40-28-30-46(63(44-21-13-10-14-22-44)53-26-18-16-24-51(53)61(6,7)8)32-42(40)36-55(49)64-56(58)37-48-47-33-39-27-29-45(31-41(39)35-54(47)65-59(48)57)62(43-19-11-9-12-20-43)52-25-17-15-23-50(52)60(3,4)5/h9-38H,1-8H3. The maximum Gasteiger partial charge on any atom is 0.139 e. The molecule has 2 aromatic heterocycles. The van der Waals surface area contributed by atoms with Crippen LogP contribution in [0.1, 0.15) is 78.0 Å². The van der Waals surface area contributed by atoms with Crippen LogP contribution >= 0.6 is 0 Å². The van der Waals surface area contributed by atoms with Crippen LogP contribution in [0.2, 0.25) is 0 Å². The molecule has 4 nitrogen and oxygen atoms in total. The topological polar surface area (TPSA) is 32.8 Å². The van der Waals surface area contributed by atoms with Gasteiger partial charge in [-0.2, -0.15) is 0 Å². The van der Waals surface area contributed by atoms with E-state index in [-0.39, 0.29) is 16.7 Å². The molecule has 0 aliphatic rings. The second kappa shape index (κ2) is 15.2. The highest BCUT2D eigenvalue weighted by atomic mass is 16.3. The van der Waals surface area contributed by atoms with Crippen LogP contribution in [0.15, 0.2) is 185 Å². The van der Waals surface area contributed by atoms with Crippen LogP contribution in [-0.2, 0) is 10.8 Å². The molecule has 0 saturated heterocycles. The minimum atomic E-state index is -0.0417. The first-order chi connectivity index (χ1) is 31.3. The summed E-state index contributed by atoms with van der Waals surface area (Å²) in [5, 5.41) is 8.98. The third-order valence-electron chi connectivity index (χ3n) is 13.1. The highest BCUT2D eigenvalue weighted by Crippen LogP contribution is 2.47. The zero-order valence-corrected chi connectivity index (χ0v) is 38.5. The number of anilines is 6. The molecule has 65 heavy (non-hydrogen) atoms. The van der Waals surface area contributed by atoms with Gasteiger partial charge in [0.15, 0.2) is 0 Å². The van der Waals surface area contributed by atoms with E-state index in [1.807, 2.05) is 0 Å². The third kappa shape index (κ3) is 6.91. The van der Waals surface area contributed by atoms with Crippen molar-refractivity contribution in [2.45, 2.75) is 72.1 Å². The average molecular weight is 847 g/mol. The van der Waals surface area contributed by atoms with Gasteiger partial charge in [0.1, 0.15) is 22.3 Å². The first kappa shape index (κ1) is 40.5. The van der Waals surface area contributed by atoms with Crippen molar-refractivity contribution in [1.29, 1.82) is 0 Å². The molecule has 9 aromatic carbocycles. The maximum atomic E-state index is 7.00. The number of rotatable bonds is 7. The summed E-state index contributed by atoms with van der Waals surface area (Å²) in [5.74, 6) is 0.186. The predicted molar refractivity (Wildman–Crippen MR) is 277 cm³/mol. The number of nitrogens with zero attached hydrogens (tertiary/aromatic N) is 2. The van der Waals surface area contributed by atoms with Crippen LogP contribution in [-0.4, -0.2) is 0 Å². The van der Waals surface area contributed by atoms with Gasteiger partial charge in [0, 0.05) is 61.2 Å². The molecule has 0 amide bonds.